The Morgan fingerprint density at radius 2 is 2.06 bits per heavy atom. The van der Waals surface area contributed by atoms with Crippen molar-refractivity contribution in [2.75, 3.05) is 13.1 Å². The predicted octanol–water partition coefficient (Wildman–Crippen LogP) is 2.49. The van der Waals surface area contributed by atoms with Crippen LogP contribution >= 0.6 is 35.6 Å². The van der Waals surface area contributed by atoms with E-state index in [4.69, 9.17) is 28.9 Å². The molecule has 1 rings (SSSR count). The fraction of sp³-hybridized carbons (Fsp3) is 0.300. The Morgan fingerprint density at radius 1 is 1.38 bits per heavy atom. The first kappa shape index (κ1) is 15.5. The van der Waals surface area contributed by atoms with Crippen molar-refractivity contribution in [3.8, 4) is 0 Å². The van der Waals surface area contributed by atoms with Crippen molar-refractivity contribution in [3.63, 3.8) is 0 Å². The molecule has 0 heterocycles. The van der Waals surface area contributed by atoms with Crippen LogP contribution in [-0.4, -0.2) is 19.0 Å². The molecule has 6 heteroatoms. The van der Waals surface area contributed by atoms with Gasteiger partial charge in [-0.3, -0.25) is 4.79 Å². The van der Waals surface area contributed by atoms with Gasteiger partial charge < -0.3 is 11.1 Å². The molecule has 0 aliphatic carbocycles. The zero-order chi connectivity index (χ0) is 11.3. The normalized spacial score (nSPS) is 9.44. The third-order valence-electron chi connectivity index (χ3n) is 1.86. The maximum Gasteiger partial charge on any atom is 0.252 e. The Balaban J connectivity index is 0.00000225. The Bertz CT molecular complexity index is 358. The standard InChI is InChI=1S/C10H12Cl2N2O.ClH/c11-8-4-1-3-7(9(8)12)10(15)14-6-2-5-13;/h1,3-4H,2,5-6,13H2,(H,14,15);1H. The van der Waals surface area contributed by atoms with Gasteiger partial charge in [0, 0.05) is 6.54 Å². The van der Waals surface area contributed by atoms with Crippen LogP contribution in [-0.2, 0) is 0 Å². The number of nitrogens with two attached hydrogens (primary N) is 1. The molecule has 0 saturated heterocycles. The van der Waals surface area contributed by atoms with Gasteiger partial charge in [-0.1, -0.05) is 29.3 Å². The van der Waals surface area contributed by atoms with Crippen molar-refractivity contribution in [2.45, 2.75) is 6.42 Å². The molecule has 0 aliphatic rings. The molecule has 0 aliphatic heterocycles. The van der Waals surface area contributed by atoms with Gasteiger partial charge in [-0.05, 0) is 25.1 Å². The minimum atomic E-state index is -0.226. The summed E-state index contributed by atoms with van der Waals surface area (Å²) in [4.78, 5) is 11.6. The minimum Gasteiger partial charge on any atom is -0.352 e. The monoisotopic (exact) mass is 282 g/mol. The highest BCUT2D eigenvalue weighted by molar-refractivity contribution is 6.43. The van der Waals surface area contributed by atoms with Gasteiger partial charge in [-0.15, -0.1) is 12.4 Å². The lowest BCUT2D eigenvalue weighted by Gasteiger charge is -2.06. The van der Waals surface area contributed by atoms with E-state index in [2.05, 4.69) is 5.32 Å². The molecule has 16 heavy (non-hydrogen) atoms. The largest absolute Gasteiger partial charge is 0.352 e. The second kappa shape index (κ2) is 7.74. The highest BCUT2D eigenvalue weighted by Crippen LogP contribution is 2.25. The number of carbonyl (C=O) groups is 1. The first-order chi connectivity index (χ1) is 7.16. The fourth-order valence-corrected chi connectivity index (χ4v) is 1.46. The molecular formula is C10H13Cl3N2O. The number of amides is 1. The summed E-state index contributed by atoms with van der Waals surface area (Å²) in [7, 11) is 0. The predicted molar refractivity (Wildman–Crippen MR) is 69.7 cm³/mol. The number of hydrogen-bond donors (Lipinski definition) is 2. The zero-order valence-corrected chi connectivity index (χ0v) is 10.8. The minimum absolute atomic E-state index is 0. The summed E-state index contributed by atoms with van der Waals surface area (Å²) >= 11 is 11.7. The van der Waals surface area contributed by atoms with Gasteiger partial charge in [-0.25, -0.2) is 0 Å². The van der Waals surface area contributed by atoms with E-state index < -0.39 is 0 Å². The van der Waals surface area contributed by atoms with Gasteiger partial charge >= 0.3 is 0 Å². The lowest BCUT2D eigenvalue weighted by Crippen LogP contribution is -2.26. The van der Waals surface area contributed by atoms with Crippen molar-refractivity contribution < 1.29 is 4.79 Å². The average Bonchev–Trinajstić information content (AvgIpc) is 2.22. The van der Waals surface area contributed by atoms with E-state index >= 15 is 0 Å². The number of hydrogen-bond acceptors (Lipinski definition) is 2. The van der Waals surface area contributed by atoms with Crippen LogP contribution in [0.5, 0.6) is 0 Å². The highest BCUT2D eigenvalue weighted by atomic mass is 35.5. The summed E-state index contributed by atoms with van der Waals surface area (Å²) in [5, 5.41) is 3.37. The summed E-state index contributed by atoms with van der Waals surface area (Å²) in [6, 6.07) is 4.96. The molecule has 0 saturated carbocycles. The molecule has 3 nitrogen and oxygen atoms in total. The van der Waals surface area contributed by atoms with Gasteiger partial charge in [0.1, 0.15) is 0 Å². The van der Waals surface area contributed by atoms with Gasteiger partial charge in [0.15, 0.2) is 0 Å². The van der Waals surface area contributed by atoms with E-state index in [-0.39, 0.29) is 23.3 Å². The van der Waals surface area contributed by atoms with Crippen LogP contribution in [0.3, 0.4) is 0 Å². The van der Waals surface area contributed by atoms with Crippen molar-refractivity contribution in [3.05, 3.63) is 33.8 Å². The van der Waals surface area contributed by atoms with Crippen molar-refractivity contribution in [1.29, 1.82) is 0 Å². The summed E-state index contributed by atoms with van der Waals surface area (Å²) in [5.74, 6) is -0.226. The molecule has 1 amide bonds. The number of halogens is 3. The van der Waals surface area contributed by atoms with Crippen LogP contribution in [0.1, 0.15) is 16.8 Å². The lowest BCUT2D eigenvalue weighted by molar-refractivity contribution is 0.0953. The van der Waals surface area contributed by atoms with Gasteiger partial charge in [0.2, 0.25) is 0 Å². The molecule has 1 aromatic carbocycles. The Hall–Kier alpha value is -0.480. The Morgan fingerprint density at radius 3 is 2.69 bits per heavy atom. The molecular weight excluding hydrogens is 270 g/mol. The van der Waals surface area contributed by atoms with Crippen LogP contribution in [0.25, 0.3) is 0 Å². The summed E-state index contributed by atoms with van der Waals surface area (Å²) in [5.41, 5.74) is 5.70. The quantitative estimate of drug-likeness (QED) is 0.834. The maximum absolute atomic E-state index is 11.6. The van der Waals surface area contributed by atoms with Crippen LogP contribution in [0.2, 0.25) is 10.0 Å². The van der Waals surface area contributed by atoms with Crippen molar-refractivity contribution in [1.82, 2.24) is 5.32 Å². The number of rotatable bonds is 4. The van der Waals surface area contributed by atoms with E-state index in [1.807, 2.05) is 0 Å². The molecule has 0 aromatic heterocycles. The van der Waals surface area contributed by atoms with E-state index in [0.717, 1.165) is 6.42 Å². The fourth-order valence-electron chi connectivity index (χ4n) is 1.08. The third kappa shape index (κ3) is 4.18. The molecule has 0 unspecified atom stereocenters. The SMILES string of the molecule is Cl.NCCCNC(=O)c1cccc(Cl)c1Cl. The number of benzene rings is 1. The number of carbonyl (C=O) groups excluding carboxylic acids is 1. The Labute approximate surface area is 111 Å². The van der Waals surface area contributed by atoms with E-state index in [9.17, 15) is 4.79 Å². The zero-order valence-electron chi connectivity index (χ0n) is 8.50. The first-order valence-corrected chi connectivity index (χ1v) is 5.34. The smallest absolute Gasteiger partial charge is 0.252 e. The van der Waals surface area contributed by atoms with Crippen molar-refractivity contribution >= 4 is 41.5 Å². The second-order valence-electron chi connectivity index (χ2n) is 3.00. The Kier molecular flexibility index (Phi) is 7.51. The molecule has 1 aromatic rings. The van der Waals surface area contributed by atoms with Crippen LogP contribution in [0, 0.1) is 0 Å². The van der Waals surface area contributed by atoms with E-state index in [0.29, 0.717) is 23.7 Å². The molecule has 0 fully saturated rings. The van der Waals surface area contributed by atoms with Gasteiger partial charge in [0.05, 0.1) is 15.6 Å². The average molecular weight is 284 g/mol. The highest BCUT2D eigenvalue weighted by Gasteiger charge is 2.11. The summed E-state index contributed by atoms with van der Waals surface area (Å²) in [6.07, 6.45) is 0.740. The summed E-state index contributed by atoms with van der Waals surface area (Å²) in [6.45, 7) is 1.09. The van der Waals surface area contributed by atoms with Gasteiger partial charge in [-0.2, -0.15) is 0 Å². The molecule has 3 N–H and O–H groups in total. The third-order valence-corrected chi connectivity index (χ3v) is 2.68. The molecule has 0 bridgehead atoms. The van der Waals surface area contributed by atoms with Crippen LogP contribution < -0.4 is 11.1 Å². The van der Waals surface area contributed by atoms with E-state index in [1.54, 1.807) is 18.2 Å². The maximum atomic E-state index is 11.6. The molecule has 90 valence electrons. The van der Waals surface area contributed by atoms with E-state index in [1.165, 1.54) is 0 Å². The molecule has 0 radical (unpaired) electrons. The number of nitrogens with one attached hydrogen (secondary N) is 1. The molecule has 0 atom stereocenters. The van der Waals surface area contributed by atoms with Crippen LogP contribution in [0.4, 0.5) is 0 Å². The van der Waals surface area contributed by atoms with Gasteiger partial charge in [0.25, 0.3) is 5.91 Å². The second-order valence-corrected chi connectivity index (χ2v) is 3.78. The first-order valence-electron chi connectivity index (χ1n) is 4.59. The topological polar surface area (TPSA) is 55.1 Å². The van der Waals surface area contributed by atoms with Crippen LogP contribution in [0.15, 0.2) is 18.2 Å². The van der Waals surface area contributed by atoms with Crippen molar-refractivity contribution in [2.24, 2.45) is 5.73 Å². The summed E-state index contributed by atoms with van der Waals surface area (Å²) < 4.78 is 0. The lowest BCUT2D eigenvalue weighted by atomic mass is 10.2. The molecule has 0 spiro atoms.